The third-order valence-corrected chi connectivity index (χ3v) is 6.98. The second-order valence-electron chi connectivity index (χ2n) is 10.5. The average Bonchev–Trinajstić information content (AvgIpc) is 2.72. The van der Waals surface area contributed by atoms with Gasteiger partial charge in [0.15, 0.2) is 0 Å². The van der Waals surface area contributed by atoms with Crippen LogP contribution in [0.15, 0.2) is 24.3 Å². The van der Waals surface area contributed by atoms with E-state index < -0.39 is 5.67 Å². The minimum absolute atomic E-state index is 0.0184. The molecule has 1 heterocycles. The lowest BCUT2D eigenvalue weighted by atomic mass is 9.86. The van der Waals surface area contributed by atoms with Crippen molar-refractivity contribution >= 4 is 23.2 Å². The fourth-order valence-electron chi connectivity index (χ4n) is 4.60. The number of carbonyl (C=O) groups excluding carboxylic acids is 1. The molecule has 3 nitrogen and oxygen atoms in total. The Morgan fingerprint density at radius 3 is 2.30 bits per heavy atom. The Hall–Kier alpha value is -1.13. The van der Waals surface area contributed by atoms with E-state index in [2.05, 4.69) is 25.7 Å². The SMILES string of the molecule is CC(C)(C)CCN1CCC(F)(CN(C(=O)C2CCCCC2)c2ccc(Cl)cc2)CC1. The van der Waals surface area contributed by atoms with Crippen molar-refractivity contribution in [3.05, 3.63) is 29.3 Å². The minimum Gasteiger partial charge on any atom is -0.309 e. The first-order chi connectivity index (χ1) is 14.2. The molecule has 1 aliphatic carbocycles. The Morgan fingerprint density at radius 2 is 1.73 bits per heavy atom. The van der Waals surface area contributed by atoms with E-state index in [1.54, 1.807) is 17.0 Å². The zero-order chi connectivity index (χ0) is 21.8. The normalized spacial score (nSPS) is 20.8. The second-order valence-corrected chi connectivity index (χ2v) is 11.0. The van der Waals surface area contributed by atoms with Gasteiger partial charge in [-0.2, -0.15) is 0 Å². The number of alkyl halides is 1. The number of anilines is 1. The van der Waals surface area contributed by atoms with Gasteiger partial charge in [-0.05, 0) is 68.3 Å². The summed E-state index contributed by atoms with van der Waals surface area (Å²) in [7, 11) is 0. The van der Waals surface area contributed by atoms with Gasteiger partial charge in [-0.1, -0.05) is 51.6 Å². The van der Waals surface area contributed by atoms with Crippen molar-refractivity contribution in [2.45, 2.75) is 77.8 Å². The van der Waals surface area contributed by atoms with Gasteiger partial charge >= 0.3 is 0 Å². The van der Waals surface area contributed by atoms with E-state index in [4.69, 9.17) is 11.6 Å². The second kappa shape index (κ2) is 9.99. The van der Waals surface area contributed by atoms with Crippen molar-refractivity contribution in [3.8, 4) is 0 Å². The summed E-state index contributed by atoms with van der Waals surface area (Å²) in [6, 6.07) is 7.28. The number of likely N-dealkylation sites (tertiary alicyclic amines) is 1. The highest BCUT2D eigenvalue weighted by Crippen LogP contribution is 2.34. The average molecular weight is 437 g/mol. The first-order valence-electron chi connectivity index (χ1n) is 11.6. The van der Waals surface area contributed by atoms with Crippen LogP contribution in [0.3, 0.4) is 0 Å². The van der Waals surface area contributed by atoms with Gasteiger partial charge in [0, 0.05) is 29.7 Å². The minimum atomic E-state index is -1.33. The number of rotatable bonds is 6. The number of hydrogen-bond donors (Lipinski definition) is 0. The quantitative estimate of drug-likeness (QED) is 0.508. The fraction of sp³-hybridized carbons (Fsp3) is 0.720. The molecule has 0 aromatic heterocycles. The predicted octanol–water partition coefficient (Wildman–Crippen LogP) is 6.49. The van der Waals surface area contributed by atoms with Crippen molar-refractivity contribution in [1.29, 1.82) is 0 Å². The highest BCUT2D eigenvalue weighted by Gasteiger charge is 2.39. The summed E-state index contributed by atoms with van der Waals surface area (Å²) >= 11 is 6.06. The molecule has 0 atom stereocenters. The molecule has 1 saturated carbocycles. The van der Waals surface area contributed by atoms with Gasteiger partial charge in [0.2, 0.25) is 5.91 Å². The van der Waals surface area contributed by atoms with Gasteiger partial charge in [0.05, 0.1) is 6.54 Å². The lowest BCUT2D eigenvalue weighted by Gasteiger charge is -2.40. The van der Waals surface area contributed by atoms with E-state index in [1.165, 1.54) is 6.42 Å². The molecule has 1 aliphatic heterocycles. The van der Waals surface area contributed by atoms with Crippen LogP contribution in [-0.4, -0.2) is 42.7 Å². The summed E-state index contributed by atoms with van der Waals surface area (Å²) in [6.45, 7) is 9.43. The first-order valence-corrected chi connectivity index (χ1v) is 12.0. The Labute approximate surface area is 187 Å². The number of hydrogen-bond acceptors (Lipinski definition) is 2. The first kappa shape index (κ1) is 23.5. The lowest BCUT2D eigenvalue weighted by molar-refractivity contribution is -0.124. The van der Waals surface area contributed by atoms with Crippen LogP contribution in [0.5, 0.6) is 0 Å². The number of halogens is 2. The topological polar surface area (TPSA) is 23.6 Å². The molecule has 5 heteroatoms. The van der Waals surface area contributed by atoms with Gasteiger partial charge in [-0.15, -0.1) is 0 Å². The summed E-state index contributed by atoms with van der Waals surface area (Å²) < 4.78 is 15.9. The summed E-state index contributed by atoms with van der Waals surface area (Å²) in [4.78, 5) is 17.5. The molecule has 1 amide bonds. The van der Waals surface area contributed by atoms with Crippen molar-refractivity contribution < 1.29 is 9.18 Å². The molecule has 168 valence electrons. The molecule has 0 unspecified atom stereocenters. The van der Waals surface area contributed by atoms with Crippen molar-refractivity contribution in [2.24, 2.45) is 11.3 Å². The van der Waals surface area contributed by atoms with E-state index in [1.807, 2.05) is 12.1 Å². The summed E-state index contributed by atoms with van der Waals surface area (Å²) in [5, 5.41) is 0.630. The summed E-state index contributed by atoms with van der Waals surface area (Å²) in [6.07, 6.45) is 7.30. The van der Waals surface area contributed by atoms with Crippen LogP contribution in [0, 0.1) is 11.3 Å². The fourth-order valence-corrected chi connectivity index (χ4v) is 4.73. The summed E-state index contributed by atoms with van der Waals surface area (Å²) in [5.41, 5.74) is -0.272. The lowest BCUT2D eigenvalue weighted by Crippen LogP contribution is -2.51. The number of carbonyl (C=O) groups is 1. The third kappa shape index (κ3) is 6.68. The summed E-state index contributed by atoms with van der Waals surface area (Å²) in [5.74, 6) is 0.106. The smallest absolute Gasteiger partial charge is 0.230 e. The maximum atomic E-state index is 15.9. The van der Waals surface area contributed by atoms with Crippen LogP contribution in [0.1, 0.15) is 72.1 Å². The van der Waals surface area contributed by atoms with Gasteiger partial charge in [-0.3, -0.25) is 4.79 Å². The monoisotopic (exact) mass is 436 g/mol. The van der Waals surface area contributed by atoms with Gasteiger partial charge in [-0.25, -0.2) is 4.39 Å². The maximum absolute atomic E-state index is 15.9. The Morgan fingerprint density at radius 1 is 1.13 bits per heavy atom. The number of piperidine rings is 1. The van der Waals surface area contributed by atoms with E-state index in [-0.39, 0.29) is 18.4 Å². The van der Waals surface area contributed by atoms with E-state index in [9.17, 15) is 4.79 Å². The standard InChI is InChI=1S/C25H38ClFN2O/c1-24(2,3)13-16-28-17-14-25(27,15-18-28)19-29(22-11-9-21(26)10-12-22)23(30)20-7-5-4-6-8-20/h9-12,20H,4-8,13-19H2,1-3H3. The molecule has 2 fully saturated rings. The number of benzene rings is 1. The molecule has 0 N–H and O–H groups in total. The van der Waals surface area contributed by atoms with Crippen LogP contribution >= 0.6 is 11.6 Å². The van der Waals surface area contributed by atoms with Gasteiger partial charge in [0.1, 0.15) is 5.67 Å². The maximum Gasteiger partial charge on any atom is 0.230 e. The van der Waals surface area contributed by atoms with Crippen LogP contribution in [0.4, 0.5) is 10.1 Å². The molecule has 1 aromatic carbocycles. The molecule has 1 aromatic rings. The van der Waals surface area contributed by atoms with Crippen LogP contribution in [0.25, 0.3) is 0 Å². The molecule has 3 rings (SSSR count). The highest BCUT2D eigenvalue weighted by atomic mass is 35.5. The van der Waals surface area contributed by atoms with Crippen molar-refractivity contribution in [1.82, 2.24) is 4.90 Å². The highest BCUT2D eigenvalue weighted by molar-refractivity contribution is 6.30. The molecule has 2 aliphatic rings. The predicted molar refractivity (Wildman–Crippen MR) is 124 cm³/mol. The van der Waals surface area contributed by atoms with E-state index >= 15 is 4.39 Å². The molecule has 0 spiro atoms. The molecule has 30 heavy (non-hydrogen) atoms. The Kier molecular flexibility index (Phi) is 7.84. The Bertz CT molecular complexity index is 686. The van der Waals surface area contributed by atoms with Crippen molar-refractivity contribution in [3.63, 3.8) is 0 Å². The largest absolute Gasteiger partial charge is 0.309 e. The number of nitrogens with zero attached hydrogens (tertiary/aromatic N) is 2. The van der Waals surface area contributed by atoms with E-state index in [0.29, 0.717) is 23.3 Å². The Balaban J connectivity index is 1.68. The van der Waals surface area contributed by atoms with Gasteiger partial charge in [0.25, 0.3) is 0 Å². The van der Waals surface area contributed by atoms with Gasteiger partial charge < -0.3 is 9.80 Å². The molecular weight excluding hydrogens is 399 g/mol. The zero-order valence-electron chi connectivity index (χ0n) is 18.9. The van der Waals surface area contributed by atoms with Crippen LogP contribution in [-0.2, 0) is 4.79 Å². The van der Waals surface area contributed by atoms with Crippen molar-refractivity contribution in [2.75, 3.05) is 31.1 Å². The number of amides is 1. The van der Waals surface area contributed by atoms with E-state index in [0.717, 1.165) is 57.4 Å². The molecular formula is C25H38ClFN2O. The molecule has 0 radical (unpaired) electrons. The molecule has 1 saturated heterocycles. The van der Waals surface area contributed by atoms with Crippen LogP contribution in [0.2, 0.25) is 5.02 Å². The zero-order valence-corrected chi connectivity index (χ0v) is 19.7. The molecule has 0 bridgehead atoms. The van der Waals surface area contributed by atoms with Crippen LogP contribution < -0.4 is 4.90 Å². The third-order valence-electron chi connectivity index (χ3n) is 6.73.